The van der Waals surface area contributed by atoms with E-state index in [4.69, 9.17) is 9.84 Å². The second kappa shape index (κ2) is 3.57. The van der Waals surface area contributed by atoms with Crippen molar-refractivity contribution in [1.29, 1.82) is 0 Å². The fraction of sp³-hybridized carbons (Fsp3) is 0.875. The maximum Gasteiger partial charge on any atom is 0.309 e. The molecule has 1 aliphatic rings. The zero-order chi connectivity index (χ0) is 10.1. The predicted octanol–water partition coefficient (Wildman–Crippen LogP) is 1.52. The monoisotopic (exact) mass is 194 g/mol. The van der Waals surface area contributed by atoms with Crippen LogP contribution in [0.4, 0.5) is 8.78 Å². The van der Waals surface area contributed by atoms with E-state index >= 15 is 0 Å². The van der Waals surface area contributed by atoms with Crippen LogP contribution in [0.5, 0.6) is 0 Å². The molecule has 0 saturated carbocycles. The van der Waals surface area contributed by atoms with Crippen LogP contribution < -0.4 is 0 Å². The molecule has 0 aromatic carbocycles. The molecule has 0 spiro atoms. The summed E-state index contributed by atoms with van der Waals surface area (Å²) in [5.41, 5.74) is 0. The van der Waals surface area contributed by atoms with E-state index in [1.165, 1.54) is 0 Å². The second-order valence-corrected chi connectivity index (χ2v) is 3.30. The first kappa shape index (κ1) is 10.4. The van der Waals surface area contributed by atoms with Gasteiger partial charge in [-0.3, -0.25) is 4.79 Å². The average Bonchev–Trinajstić information content (AvgIpc) is 2.32. The summed E-state index contributed by atoms with van der Waals surface area (Å²) in [6.45, 7) is 1.84. The third-order valence-corrected chi connectivity index (χ3v) is 2.31. The van der Waals surface area contributed by atoms with Gasteiger partial charge in [-0.2, -0.15) is 0 Å². The number of alkyl halides is 2. The van der Waals surface area contributed by atoms with Gasteiger partial charge in [-0.15, -0.1) is 0 Å². The summed E-state index contributed by atoms with van der Waals surface area (Å²) in [5.74, 6) is -5.57. The minimum absolute atomic E-state index is 0.238. The largest absolute Gasteiger partial charge is 0.481 e. The van der Waals surface area contributed by atoms with E-state index in [0.29, 0.717) is 6.61 Å². The minimum atomic E-state index is -3.15. The van der Waals surface area contributed by atoms with Crippen LogP contribution in [-0.2, 0) is 9.53 Å². The lowest BCUT2D eigenvalue weighted by Crippen LogP contribution is -2.35. The highest BCUT2D eigenvalue weighted by atomic mass is 19.3. The summed E-state index contributed by atoms with van der Waals surface area (Å²) in [4.78, 5) is 10.2. The molecule has 1 N–H and O–H groups in total. The molecule has 5 heteroatoms. The van der Waals surface area contributed by atoms with Gasteiger partial charge in [0, 0.05) is 6.61 Å². The number of aliphatic carboxylic acids is 1. The SMILES string of the molecule is CC1OCCC1C(F)(F)CC(=O)O. The van der Waals surface area contributed by atoms with Gasteiger partial charge in [0.15, 0.2) is 0 Å². The van der Waals surface area contributed by atoms with Gasteiger partial charge in [-0.1, -0.05) is 0 Å². The summed E-state index contributed by atoms with van der Waals surface area (Å²) in [7, 11) is 0. The third kappa shape index (κ3) is 2.37. The van der Waals surface area contributed by atoms with E-state index in [9.17, 15) is 13.6 Å². The molecule has 0 aromatic heterocycles. The smallest absolute Gasteiger partial charge is 0.309 e. The fourth-order valence-electron chi connectivity index (χ4n) is 1.62. The van der Waals surface area contributed by atoms with Gasteiger partial charge in [0.05, 0.1) is 12.0 Å². The number of carboxylic acid groups (broad SMARTS) is 1. The lowest BCUT2D eigenvalue weighted by atomic mass is 9.93. The summed E-state index contributed by atoms with van der Waals surface area (Å²) in [6, 6.07) is 0. The van der Waals surface area contributed by atoms with Crippen LogP contribution in [0.3, 0.4) is 0 Å². The number of halogens is 2. The molecule has 0 aliphatic carbocycles. The van der Waals surface area contributed by atoms with Crippen molar-refractivity contribution in [1.82, 2.24) is 0 Å². The highest BCUT2D eigenvalue weighted by molar-refractivity contribution is 5.67. The molecule has 1 aliphatic heterocycles. The molecule has 2 unspecified atom stereocenters. The molecule has 0 amide bonds. The summed E-state index contributed by atoms with van der Waals surface area (Å²) >= 11 is 0. The van der Waals surface area contributed by atoms with Gasteiger partial charge in [-0.25, -0.2) is 8.78 Å². The van der Waals surface area contributed by atoms with Gasteiger partial charge in [-0.05, 0) is 13.3 Å². The number of carboxylic acids is 1. The molecular formula is C8H12F2O3. The van der Waals surface area contributed by atoms with Crippen molar-refractivity contribution in [2.24, 2.45) is 5.92 Å². The van der Waals surface area contributed by atoms with E-state index in [1.54, 1.807) is 6.92 Å². The summed E-state index contributed by atoms with van der Waals surface area (Å²) < 4.78 is 31.3. The van der Waals surface area contributed by atoms with Crippen molar-refractivity contribution in [2.45, 2.75) is 31.8 Å². The third-order valence-electron chi connectivity index (χ3n) is 2.31. The van der Waals surface area contributed by atoms with E-state index < -0.39 is 30.3 Å². The first-order chi connectivity index (χ1) is 5.93. The van der Waals surface area contributed by atoms with Gasteiger partial charge >= 0.3 is 5.97 Å². The summed E-state index contributed by atoms with van der Waals surface area (Å²) in [6.07, 6.45) is -1.42. The molecule has 1 saturated heterocycles. The van der Waals surface area contributed by atoms with Crippen LogP contribution in [0.25, 0.3) is 0 Å². The van der Waals surface area contributed by atoms with Crippen molar-refractivity contribution in [3.63, 3.8) is 0 Å². The molecule has 0 aromatic rings. The lowest BCUT2D eigenvalue weighted by molar-refractivity contribution is -0.151. The number of hydrogen-bond donors (Lipinski definition) is 1. The molecule has 3 nitrogen and oxygen atoms in total. The molecule has 1 fully saturated rings. The molecule has 0 bridgehead atoms. The van der Waals surface area contributed by atoms with E-state index in [1.807, 2.05) is 0 Å². The van der Waals surface area contributed by atoms with Crippen molar-refractivity contribution in [2.75, 3.05) is 6.61 Å². The second-order valence-electron chi connectivity index (χ2n) is 3.30. The van der Waals surface area contributed by atoms with Crippen molar-refractivity contribution >= 4 is 5.97 Å². The Balaban J connectivity index is 2.62. The van der Waals surface area contributed by atoms with E-state index in [-0.39, 0.29) is 6.42 Å². The van der Waals surface area contributed by atoms with Crippen LogP contribution in [0, 0.1) is 5.92 Å². The topological polar surface area (TPSA) is 46.5 Å². The Morgan fingerprint density at radius 3 is 2.69 bits per heavy atom. The highest BCUT2D eigenvalue weighted by Crippen LogP contribution is 2.37. The van der Waals surface area contributed by atoms with E-state index in [0.717, 1.165) is 0 Å². The van der Waals surface area contributed by atoms with Gasteiger partial charge in [0.2, 0.25) is 0 Å². The molecule has 76 valence electrons. The molecule has 1 heterocycles. The number of ether oxygens (including phenoxy) is 1. The lowest BCUT2D eigenvalue weighted by Gasteiger charge is -2.23. The van der Waals surface area contributed by atoms with Crippen LogP contribution in [0.15, 0.2) is 0 Å². The molecule has 2 atom stereocenters. The Morgan fingerprint density at radius 2 is 2.31 bits per heavy atom. The Morgan fingerprint density at radius 1 is 1.69 bits per heavy atom. The Bertz CT molecular complexity index is 206. The maximum absolute atomic E-state index is 13.2. The van der Waals surface area contributed by atoms with Gasteiger partial charge in [0.1, 0.15) is 6.42 Å². The highest BCUT2D eigenvalue weighted by Gasteiger charge is 2.47. The van der Waals surface area contributed by atoms with E-state index in [2.05, 4.69) is 0 Å². The van der Waals surface area contributed by atoms with Crippen LogP contribution >= 0.6 is 0 Å². The van der Waals surface area contributed by atoms with Crippen LogP contribution in [0.1, 0.15) is 19.8 Å². The quantitative estimate of drug-likeness (QED) is 0.740. The number of carbonyl (C=O) groups is 1. The minimum Gasteiger partial charge on any atom is -0.481 e. The molecule has 1 rings (SSSR count). The zero-order valence-electron chi connectivity index (χ0n) is 7.30. The van der Waals surface area contributed by atoms with Gasteiger partial charge < -0.3 is 9.84 Å². The van der Waals surface area contributed by atoms with Crippen molar-refractivity contribution in [3.05, 3.63) is 0 Å². The first-order valence-corrected chi connectivity index (χ1v) is 4.14. The van der Waals surface area contributed by atoms with Crippen LogP contribution in [-0.4, -0.2) is 29.7 Å². The summed E-state index contributed by atoms with van der Waals surface area (Å²) in [5, 5.41) is 8.27. The number of rotatable bonds is 3. The fourth-order valence-corrected chi connectivity index (χ4v) is 1.62. The Labute approximate surface area is 74.7 Å². The first-order valence-electron chi connectivity index (χ1n) is 4.14. The van der Waals surface area contributed by atoms with Crippen molar-refractivity contribution in [3.8, 4) is 0 Å². The Hall–Kier alpha value is -0.710. The maximum atomic E-state index is 13.2. The molecular weight excluding hydrogens is 182 g/mol. The van der Waals surface area contributed by atoms with Crippen molar-refractivity contribution < 1.29 is 23.4 Å². The van der Waals surface area contributed by atoms with Gasteiger partial charge in [0.25, 0.3) is 5.92 Å². The molecule has 13 heavy (non-hydrogen) atoms. The molecule has 0 radical (unpaired) electrons. The number of hydrogen-bond acceptors (Lipinski definition) is 2. The predicted molar refractivity (Wildman–Crippen MR) is 40.7 cm³/mol. The average molecular weight is 194 g/mol. The normalized spacial score (nSPS) is 29.2. The Kier molecular flexibility index (Phi) is 2.85. The standard InChI is InChI=1S/C8H12F2O3/c1-5-6(2-3-13-5)8(9,10)4-7(11)12/h5-6H,2-4H2,1H3,(H,11,12). The zero-order valence-corrected chi connectivity index (χ0v) is 7.30. The van der Waals surface area contributed by atoms with Crippen LogP contribution in [0.2, 0.25) is 0 Å².